The molecule has 0 aromatic heterocycles. The number of carboxylic acids is 1. The first kappa shape index (κ1) is 18.8. The van der Waals surface area contributed by atoms with Crippen molar-refractivity contribution in [1.82, 2.24) is 4.90 Å². The molecule has 0 atom stereocenters. The second-order valence-electron chi connectivity index (χ2n) is 5.49. The van der Waals surface area contributed by atoms with E-state index in [4.69, 9.17) is 22.1 Å². The number of hydrogen-bond donors (Lipinski definition) is 1. The van der Waals surface area contributed by atoms with E-state index in [1.54, 1.807) is 60.7 Å². The minimum absolute atomic E-state index is 0.195. The number of rotatable bonds is 5. The Kier molecular flexibility index (Phi) is 5.68. The van der Waals surface area contributed by atoms with E-state index in [0.29, 0.717) is 21.8 Å². The number of amides is 1. The summed E-state index contributed by atoms with van der Waals surface area (Å²) in [5.41, 5.74) is 1.06. The molecule has 6 nitrogen and oxygen atoms in total. The zero-order chi connectivity index (χ0) is 19.4. The number of thioether (sulfide) groups is 1. The molecule has 1 heterocycles. The molecule has 0 bridgehead atoms. The number of ether oxygens (including phenoxy) is 1. The van der Waals surface area contributed by atoms with E-state index in [2.05, 4.69) is 0 Å². The van der Waals surface area contributed by atoms with Gasteiger partial charge in [0.25, 0.3) is 5.91 Å². The lowest BCUT2D eigenvalue weighted by Crippen LogP contribution is -2.33. The van der Waals surface area contributed by atoms with Gasteiger partial charge < -0.3 is 9.84 Å². The molecule has 1 fully saturated rings. The molecule has 27 heavy (non-hydrogen) atoms. The third-order valence-corrected chi connectivity index (χ3v) is 4.92. The summed E-state index contributed by atoms with van der Waals surface area (Å²) in [5, 5.41) is 8.87. The number of carboxylic acid groups (broad SMARTS) is 1. The van der Waals surface area contributed by atoms with Gasteiger partial charge in [0, 0.05) is 0 Å². The van der Waals surface area contributed by atoms with Crippen LogP contribution in [0.3, 0.4) is 0 Å². The highest BCUT2D eigenvalue weighted by molar-refractivity contribution is 8.26. The normalized spacial score (nSPS) is 15.3. The van der Waals surface area contributed by atoms with Crippen LogP contribution in [0.15, 0.2) is 59.5 Å². The molecule has 0 aliphatic carbocycles. The average Bonchev–Trinajstić information content (AvgIpc) is 2.90. The van der Waals surface area contributed by atoms with Crippen LogP contribution in [0.5, 0.6) is 5.75 Å². The van der Waals surface area contributed by atoms with Crippen molar-refractivity contribution in [1.29, 1.82) is 0 Å². The summed E-state index contributed by atoms with van der Waals surface area (Å²) in [6, 6.07) is 15.3. The molecule has 1 aliphatic rings. The third-order valence-electron chi connectivity index (χ3n) is 3.54. The molecule has 0 spiro atoms. The molecule has 8 heteroatoms. The van der Waals surface area contributed by atoms with Crippen molar-refractivity contribution < 1.29 is 24.2 Å². The number of aliphatic carboxylic acids is 1. The van der Waals surface area contributed by atoms with Gasteiger partial charge in [-0.1, -0.05) is 54.3 Å². The molecule has 0 radical (unpaired) electrons. The Balaban J connectivity index is 1.77. The van der Waals surface area contributed by atoms with Gasteiger partial charge in [0.15, 0.2) is 0 Å². The maximum Gasteiger partial charge on any atom is 0.343 e. The fourth-order valence-corrected chi connectivity index (χ4v) is 3.59. The average molecular weight is 399 g/mol. The summed E-state index contributed by atoms with van der Waals surface area (Å²) >= 11 is 6.09. The maximum absolute atomic E-state index is 12.3. The molecule has 3 rings (SSSR count). The van der Waals surface area contributed by atoms with Crippen LogP contribution in [0, 0.1) is 0 Å². The zero-order valence-electron chi connectivity index (χ0n) is 13.8. The van der Waals surface area contributed by atoms with Gasteiger partial charge in [-0.05, 0) is 35.9 Å². The molecule has 1 saturated heterocycles. The van der Waals surface area contributed by atoms with Crippen LogP contribution in [0.4, 0.5) is 0 Å². The van der Waals surface area contributed by atoms with Gasteiger partial charge in [-0.25, -0.2) is 4.79 Å². The Morgan fingerprint density at radius 1 is 1.15 bits per heavy atom. The number of carbonyl (C=O) groups is 3. The lowest BCUT2D eigenvalue weighted by molar-refractivity contribution is -0.140. The van der Waals surface area contributed by atoms with Gasteiger partial charge in [0.2, 0.25) is 0 Å². The Morgan fingerprint density at radius 3 is 2.59 bits per heavy atom. The van der Waals surface area contributed by atoms with Crippen molar-refractivity contribution in [2.45, 2.75) is 0 Å². The van der Waals surface area contributed by atoms with Crippen LogP contribution in [0.2, 0.25) is 0 Å². The van der Waals surface area contributed by atoms with Crippen molar-refractivity contribution in [3.05, 3.63) is 70.6 Å². The zero-order valence-corrected chi connectivity index (χ0v) is 15.5. The van der Waals surface area contributed by atoms with Gasteiger partial charge in [0.05, 0.1) is 10.5 Å². The standard InChI is InChI=1S/C19H13NO5S2/c21-16(22)11-20-17(23)15(27-19(20)26)10-12-5-4-8-14(9-12)25-18(24)13-6-2-1-3-7-13/h1-10H,11H2,(H,21,22)/b15-10-. The number of thiocarbonyl (C=S) groups is 1. The van der Waals surface area contributed by atoms with Crippen LogP contribution < -0.4 is 4.74 Å². The second kappa shape index (κ2) is 8.15. The molecule has 2 aromatic rings. The smallest absolute Gasteiger partial charge is 0.343 e. The summed E-state index contributed by atoms with van der Waals surface area (Å²) < 4.78 is 5.55. The van der Waals surface area contributed by atoms with Gasteiger partial charge in [0.1, 0.15) is 16.6 Å². The largest absolute Gasteiger partial charge is 0.480 e. The third kappa shape index (κ3) is 4.60. The fourth-order valence-electron chi connectivity index (χ4n) is 2.33. The topological polar surface area (TPSA) is 83.9 Å². The molecule has 0 unspecified atom stereocenters. The van der Waals surface area contributed by atoms with Crippen LogP contribution in [0.1, 0.15) is 15.9 Å². The van der Waals surface area contributed by atoms with E-state index < -0.39 is 24.4 Å². The number of hydrogen-bond acceptors (Lipinski definition) is 6. The lowest BCUT2D eigenvalue weighted by Gasteiger charge is -2.10. The lowest BCUT2D eigenvalue weighted by atomic mass is 10.2. The van der Waals surface area contributed by atoms with Crippen LogP contribution in [-0.4, -0.2) is 38.7 Å². The summed E-state index contributed by atoms with van der Waals surface area (Å²) in [4.78, 5) is 36.6. The van der Waals surface area contributed by atoms with E-state index in [1.807, 2.05) is 0 Å². The van der Waals surface area contributed by atoms with Crippen molar-refractivity contribution in [3.8, 4) is 5.75 Å². The SMILES string of the molecule is O=C(O)CN1C(=O)/C(=C/c2cccc(OC(=O)c3ccccc3)c2)SC1=S. The summed E-state index contributed by atoms with van der Waals surface area (Å²) in [5.74, 6) is -1.75. The molecule has 1 N–H and O–H groups in total. The molecule has 2 aromatic carbocycles. The molecule has 1 aliphatic heterocycles. The Morgan fingerprint density at radius 2 is 1.89 bits per heavy atom. The van der Waals surface area contributed by atoms with Gasteiger partial charge in [-0.3, -0.25) is 14.5 Å². The molecular weight excluding hydrogens is 386 g/mol. The quantitative estimate of drug-likeness (QED) is 0.358. The van der Waals surface area contributed by atoms with Crippen molar-refractivity contribution >= 4 is 52.2 Å². The van der Waals surface area contributed by atoms with E-state index in [9.17, 15) is 14.4 Å². The molecule has 1 amide bonds. The Bertz CT molecular complexity index is 956. The van der Waals surface area contributed by atoms with Crippen LogP contribution in [0.25, 0.3) is 6.08 Å². The minimum Gasteiger partial charge on any atom is -0.480 e. The van der Waals surface area contributed by atoms with Gasteiger partial charge in [-0.15, -0.1) is 0 Å². The highest BCUT2D eigenvalue weighted by atomic mass is 32.2. The monoisotopic (exact) mass is 399 g/mol. The van der Waals surface area contributed by atoms with Gasteiger partial charge in [-0.2, -0.15) is 0 Å². The van der Waals surface area contributed by atoms with Crippen LogP contribution >= 0.6 is 24.0 Å². The highest BCUT2D eigenvalue weighted by Gasteiger charge is 2.33. The predicted molar refractivity (Wildman–Crippen MR) is 105 cm³/mol. The first-order chi connectivity index (χ1) is 12.9. The summed E-state index contributed by atoms with van der Waals surface area (Å²) in [7, 11) is 0. The number of benzene rings is 2. The van der Waals surface area contributed by atoms with E-state index in [0.717, 1.165) is 16.7 Å². The Labute approximate surface area is 164 Å². The van der Waals surface area contributed by atoms with Crippen molar-refractivity contribution in [2.75, 3.05) is 6.54 Å². The first-order valence-electron chi connectivity index (χ1n) is 7.78. The number of carbonyl (C=O) groups excluding carboxylic acids is 2. The molecule has 0 saturated carbocycles. The Hall–Kier alpha value is -2.97. The van der Waals surface area contributed by atoms with Crippen molar-refractivity contribution in [2.24, 2.45) is 0 Å². The summed E-state index contributed by atoms with van der Waals surface area (Å²) in [6.07, 6.45) is 1.58. The highest BCUT2D eigenvalue weighted by Crippen LogP contribution is 2.32. The number of nitrogens with zero attached hydrogens (tertiary/aromatic N) is 1. The maximum atomic E-state index is 12.3. The minimum atomic E-state index is -1.14. The molecular formula is C19H13NO5S2. The van der Waals surface area contributed by atoms with E-state index >= 15 is 0 Å². The second-order valence-corrected chi connectivity index (χ2v) is 7.17. The first-order valence-corrected chi connectivity index (χ1v) is 9.01. The van der Waals surface area contributed by atoms with E-state index in [-0.39, 0.29) is 4.32 Å². The summed E-state index contributed by atoms with van der Waals surface area (Å²) in [6.45, 7) is -0.475. The number of esters is 1. The van der Waals surface area contributed by atoms with Crippen molar-refractivity contribution in [3.63, 3.8) is 0 Å². The van der Waals surface area contributed by atoms with Gasteiger partial charge >= 0.3 is 11.9 Å². The van der Waals surface area contributed by atoms with E-state index in [1.165, 1.54) is 0 Å². The van der Waals surface area contributed by atoms with Crippen LogP contribution in [-0.2, 0) is 9.59 Å². The fraction of sp³-hybridized carbons (Fsp3) is 0.0526. The molecule has 136 valence electrons. The predicted octanol–water partition coefficient (Wildman–Crippen LogP) is 3.19.